The molecule has 10 aliphatic rings. The number of likely N-dealkylation sites (N-methyl/N-ethyl adjacent to an activating group) is 1. The Bertz CT molecular complexity index is 6410. The van der Waals surface area contributed by atoms with E-state index in [0.29, 0.717) is 188 Å². The molecule has 5 N–H and O–H groups in total. The number of hydrogen-bond donors (Lipinski definition) is 5. The van der Waals surface area contributed by atoms with Crippen molar-refractivity contribution in [1.82, 2.24) is 70.9 Å². The highest BCUT2D eigenvalue weighted by atomic mass is 35.5. The summed E-state index contributed by atoms with van der Waals surface area (Å²) < 4.78 is 63.0. The molecule has 12 heterocycles. The Morgan fingerprint density at radius 3 is 1.05 bits per heavy atom. The minimum atomic E-state index is -0.862. The molecule has 6 atom stereocenters. The first-order chi connectivity index (χ1) is 66.9. The van der Waals surface area contributed by atoms with Crippen molar-refractivity contribution in [2.45, 2.75) is 94.3 Å². The van der Waals surface area contributed by atoms with Crippen LogP contribution in [-0.2, 0) is 55.8 Å². The molecule has 1 saturated carbocycles. The number of rotatable bonds is 24. The number of urea groups is 3. The van der Waals surface area contributed by atoms with Crippen molar-refractivity contribution in [2.75, 3.05) is 141 Å². The first-order valence-electron chi connectivity index (χ1n) is 44.9. The van der Waals surface area contributed by atoms with E-state index in [0.717, 1.165) is 35.3 Å². The summed E-state index contributed by atoms with van der Waals surface area (Å²) in [6.07, 6.45) is 7.68. The minimum absolute atomic E-state index is 0.0183. The number of fused-ring (bicyclic) bond motifs is 3. The van der Waals surface area contributed by atoms with Gasteiger partial charge in [-0.1, -0.05) is 77.3 Å². The SMILES string of the molecule is CNC(=O)Cc1ccc(N2C[C@@H]3CN(CC4=C(C(=O)OC)[C@H](c5ccc(F)cc5Cl)N=C(c5nccs5)N4)CCN3C2=O)cc1.COC(=O)C1=C(CN2CCN3C(=O)N(c4ccc(C(=O)OC(C)(C)C)cc4)C[C@@H]3C2)NC(c2nccs2)=N[C@H]1c1ccc(F)cc1Cl.COC(=O)C1=C(CN2CCN3C(=O)N(c4ccc(CC(=O)NC5CC5)cc4)C[C@@H]3C2)NC(c2nccs2)=N[C@H]1c1ccc(F)cc1Cl. The van der Waals surface area contributed by atoms with Crippen LogP contribution < -0.4 is 41.3 Å². The predicted molar refractivity (Wildman–Crippen MR) is 521 cm³/mol. The summed E-state index contributed by atoms with van der Waals surface area (Å²) >= 11 is 23.6. The van der Waals surface area contributed by atoms with Gasteiger partial charge in [-0.3, -0.25) is 54.0 Å². The van der Waals surface area contributed by atoms with Gasteiger partial charge in [-0.15, -0.1) is 34.0 Å². The van der Waals surface area contributed by atoms with E-state index in [1.807, 2.05) is 100 Å². The van der Waals surface area contributed by atoms with Gasteiger partial charge in [0, 0.05) is 212 Å². The molecule has 139 heavy (non-hydrogen) atoms. The van der Waals surface area contributed by atoms with E-state index >= 15 is 0 Å². The summed E-state index contributed by atoms with van der Waals surface area (Å²) in [6, 6.07) is 31.2. The van der Waals surface area contributed by atoms with Crippen LogP contribution >= 0.6 is 68.8 Å². The smallest absolute Gasteiger partial charge is 0.338 e. The fourth-order valence-electron chi connectivity index (χ4n) is 18.1. The summed E-state index contributed by atoms with van der Waals surface area (Å²) in [6.45, 7) is 12.8. The molecule has 33 nitrogen and oxygen atoms in total. The number of halogens is 6. The van der Waals surface area contributed by atoms with E-state index in [2.05, 4.69) is 56.2 Å². The third-order valence-electron chi connectivity index (χ3n) is 25.0. The maximum Gasteiger partial charge on any atom is 0.338 e. The first-order valence-corrected chi connectivity index (χ1v) is 48.7. The molecule has 0 spiro atoms. The van der Waals surface area contributed by atoms with Crippen LogP contribution in [0, 0.1) is 17.5 Å². The zero-order chi connectivity index (χ0) is 97.8. The summed E-state index contributed by atoms with van der Waals surface area (Å²) in [5.74, 6) is -2.31. The Labute approximate surface area is 825 Å². The first kappa shape index (κ1) is 97.6. The molecule has 0 radical (unpaired) electrons. The molecule has 1 aliphatic carbocycles. The van der Waals surface area contributed by atoms with Gasteiger partial charge in [-0.25, -0.2) is 61.7 Å². The van der Waals surface area contributed by atoms with E-state index in [1.165, 1.54) is 110 Å². The molecule has 19 rings (SSSR count). The highest BCUT2D eigenvalue weighted by molar-refractivity contribution is 7.12. The third-order valence-corrected chi connectivity index (χ3v) is 28.3. The number of piperazine rings is 3. The van der Waals surface area contributed by atoms with Gasteiger partial charge in [0.15, 0.2) is 32.5 Å². The molecular formula is C97H98Cl3F3N20O13S3. The van der Waals surface area contributed by atoms with Gasteiger partial charge in [0.05, 0.1) is 74.6 Å². The largest absolute Gasteiger partial charge is 0.466 e. The summed E-state index contributed by atoms with van der Waals surface area (Å²) in [5.41, 5.74) is 7.75. The average Bonchev–Trinajstić information content (AvgIpc) is 1.41. The number of thiazole rings is 3. The van der Waals surface area contributed by atoms with Gasteiger partial charge < -0.3 is 60.2 Å². The molecule has 6 aromatic carbocycles. The van der Waals surface area contributed by atoms with E-state index in [-0.39, 0.29) is 86.2 Å². The Morgan fingerprint density at radius 1 is 0.439 bits per heavy atom. The molecule has 6 saturated heterocycles. The number of aromatic nitrogens is 3. The number of nitrogens with zero attached hydrogens (tertiary/aromatic N) is 15. The number of methoxy groups -OCH3 is 3. The van der Waals surface area contributed by atoms with Crippen molar-refractivity contribution >= 4 is 157 Å². The van der Waals surface area contributed by atoms with E-state index < -0.39 is 65.1 Å². The number of hydrogen-bond acceptors (Lipinski definition) is 28. The zero-order valence-corrected chi connectivity index (χ0v) is 81.3. The van der Waals surface area contributed by atoms with Crippen LogP contribution in [0.15, 0.2) is 211 Å². The molecule has 9 aromatic rings. The van der Waals surface area contributed by atoms with Crippen LogP contribution in [0.1, 0.15) is 105 Å². The molecular weight excluding hydrogens is 1910 g/mol. The lowest BCUT2D eigenvalue weighted by Gasteiger charge is -2.38. The lowest BCUT2D eigenvalue weighted by molar-refractivity contribution is -0.137. The van der Waals surface area contributed by atoms with Crippen LogP contribution in [0.25, 0.3) is 0 Å². The highest BCUT2D eigenvalue weighted by Crippen LogP contribution is 2.43. The topological polar surface area (TPSA) is 356 Å². The Kier molecular flexibility index (Phi) is 29.8. The molecule has 0 unspecified atom stereocenters. The van der Waals surface area contributed by atoms with Crippen LogP contribution in [0.2, 0.25) is 15.1 Å². The monoisotopic (exact) mass is 2010 g/mol. The molecule has 8 amide bonds. The van der Waals surface area contributed by atoms with Gasteiger partial charge in [0.25, 0.3) is 0 Å². The van der Waals surface area contributed by atoms with E-state index in [9.17, 15) is 56.3 Å². The maximum absolute atomic E-state index is 14.0. The quantitative estimate of drug-likeness (QED) is 0.0277. The molecule has 42 heteroatoms. The van der Waals surface area contributed by atoms with Gasteiger partial charge in [0.1, 0.15) is 41.2 Å². The molecule has 7 fully saturated rings. The third kappa shape index (κ3) is 22.2. The summed E-state index contributed by atoms with van der Waals surface area (Å²) in [5, 5.41) is 23.4. The normalized spacial score (nSPS) is 20.5. The molecule has 0 bridgehead atoms. The number of benzene rings is 6. The average molecular weight is 2010 g/mol. The standard InChI is InChI=1S/C33H33ClFN7O4S.C33H34ClFN6O5S.C31H31ClFN7O4S/c1-46-32(44)28-26(38-30(31-36-10-13-47-31)39-29(28)24-9-4-20(35)15-25(24)34)18-40-11-12-41-23(16-40)17-42(33(41)45)22-7-2-19(3-8-22)14-27(43)37-21-5-6-21;1-33(2,3)46-30(42)19-5-8-21(9-6-19)41-17-22-16-39(12-13-40(22)32(41)44)18-25-26(31(43)45-4)27(23-10-7-20(35)15-24(23)34)38-28(37-25)29-36-11-14-47-29;1-34-25(41)13-18-3-6-20(7-4-18)40-16-21-15-38(10-11-39(21)31(40)43)17-24-26(30(42)44-2)27(22-8-5-19(33)14-23(22)32)37-28(36-24)29-35-9-12-45-29/h2-4,7-10,13,15,21,23,29H,5-6,11-12,14,16-18H2,1H3,(H,37,43)(H,38,39);5-11,14-15,22,27H,12-13,16-18H2,1-4H3,(H,37,38);3-9,12,14,21,27H,10-11,13,15-17H2,1-2H3,(H,34,41)(H,36,37)/t23-,29-;22-,27-;21-,27-/m000/s1. The van der Waals surface area contributed by atoms with E-state index in [4.69, 9.17) is 68.7 Å². The number of anilines is 3. The number of carbonyl (C=O) groups excluding carboxylic acids is 9. The number of amidine groups is 3. The lowest BCUT2D eigenvalue weighted by atomic mass is 9.95. The van der Waals surface area contributed by atoms with Gasteiger partial charge in [0.2, 0.25) is 11.8 Å². The van der Waals surface area contributed by atoms with Crippen molar-refractivity contribution in [3.05, 3.63) is 277 Å². The molecule has 724 valence electrons. The molecule has 9 aliphatic heterocycles. The summed E-state index contributed by atoms with van der Waals surface area (Å²) in [7, 11) is 5.51. The van der Waals surface area contributed by atoms with Crippen molar-refractivity contribution in [3.8, 4) is 0 Å². The Morgan fingerprint density at radius 2 is 0.763 bits per heavy atom. The minimum Gasteiger partial charge on any atom is -0.466 e. The summed E-state index contributed by atoms with van der Waals surface area (Å²) in [4.78, 5) is 162. The molecule has 3 aromatic heterocycles. The fourth-order valence-corrected chi connectivity index (χ4v) is 20.7. The number of amides is 8. The van der Waals surface area contributed by atoms with Crippen molar-refractivity contribution < 1.29 is 75.3 Å². The van der Waals surface area contributed by atoms with Crippen LogP contribution in [0.3, 0.4) is 0 Å². The van der Waals surface area contributed by atoms with Gasteiger partial charge in [-0.2, -0.15) is 0 Å². The zero-order valence-electron chi connectivity index (χ0n) is 76.6. The van der Waals surface area contributed by atoms with Crippen molar-refractivity contribution in [1.29, 1.82) is 0 Å². The second-order valence-electron chi connectivity index (χ2n) is 35.4. The number of ether oxygens (including phenoxy) is 4. The Balaban J connectivity index is 0.000000144. The van der Waals surface area contributed by atoms with Crippen molar-refractivity contribution in [2.24, 2.45) is 15.0 Å². The van der Waals surface area contributed by atoms with E-state index in [1.54, 1.807) is 64.6 Å². The number of carbonyl (C=O) groups is 9. The number of aliphatic imine (C=N–C) groups is 3. The second-order valence-corrected chi connectivity index (χ2v) is 39.3. The fraction of sp³-hybridized carbons (Fsp3) is 0.351. The Hall–Kier alpha value is -13.0. The predicted octanol–water partition coefficient (Wildman–Crippen LogP) is 12.3. The number of esters is 4. The van der Waals surface area contributed by atoms with Crippen LogP contribution in [0.5, 0.6) is 0 Å². The van der Waals surface area contributed by atoms with Gasteiger partial charge >= 0.3 is 42.0 Å². The van der Waals surface area contributed by atoms with Gasteiger partial charge in [-0.05, 0) is 130 Å². The lowest BCUT2D eigenvalue weighted by Crippen LogP contribution is -2.53. The van der Waals surface area contributed by atoms with Crippen molar-refractivity contribution in [3.63, 3.8) is 0 Å². The van der Waals surface area contributed by atoms with Crippen LogP contribution in [-0.4, -0.2) is 272 Å². The maximum atomic E-state index is 14.0. The van der Waals surface area contributed by atoms with Crippen LogP contribution in [0.4, 0.5) is 44.6 Å². The highest BCUT2D eigenvalue weighted by Gasteiger charge is 2.48. The number of nitrogens with one attached hydrogen (secondary N) is 5. The second kappa shape index (κ2) is 42.4.